The van der Waals surface area contributed by atoms with Crippen LogP contribution in [0.2, 0.25) is 0 Å². The monoisotopic (exact) mass is 352 g/mol. The zero-order valence-corrected chi connectivity index (χ0v) is 13.4. The first-order chi connectivity index (χ1) is 11.6. The van der Waals surface area contributed by atoms with Gasteiger partial charge in [0.05, 0.1) is 39.6 Å². The highest BCUT2D eigenvalue weighted by Crippen LogP contribution is 2.14. The van der Waals surface area contributed by atoms with Crippen LogP contribution in [0.1, 0.15) is 0 Å². The van der Waals surface area contributed by atoms with Crippen molar-refractivity contribution in [1.82, 2.24) is 10.6 Å². The Hall–Kier alpha value is -1.44. The molecule has 1 aliphatic rings. The van der Waals surface area contributed by atoms with Crippen molar-refractivity contribution in [1.29, 1.82) is 0 Å². The number of hydrogen-bond acceptors (Lipinski definition) is 10. The van der Waals surface area contributed by atoms with Gasteiger partial charge < -0.3 is 24.8 Å². The summed E-state index contributed by atoms with van der Waals surface area (Å²) in [6.45, 7) is 2.64. The Kier molecular flexibility index (Phi) is 10.3. The minimum absolute atomic E-state index is 0.0775. The largest absolute Gasteiger partial charge is 0.602 e. The third-order valence-electron chi connectivity index (χ3n) is 3.11. The lowest BCUT2D eigenvalue weighted by Crippen LogP contribution is -2.53. The summed E-state index contributed by atoms with van der Waals surface area (Å²) < 4.78 is 20.6. The van der Waals surface area contributed by atoms with Gasteiger partial charge in [0, 0.05) is 26.2 Å². The number of nitrogens with zero attached hydrogens (tertiary/aromatic N) is 2. The van der Waals surface area contributed by atoms with Crippen LogP contribution in [0.5, 0.6) is 0 Å². The zero-order chi connectivity index (χ0) is 17.7. The number of hydrogen-bond donors (Lipinski definition) is 2. The first kappa shape index (κ1) is 20.6. The Morgan fingerprint density at radius 1 is 0.708 bits per heavy atom. The van der Waals surface area contributed by atoms with Crippen LogP contribution in [0.15, 0.2) is 0 Å². The van der Waals surface area contributed by atoms with Crippen molar-refractivity contribution in [2.45, 2.75) is 5.85 Å². The van der Waals surface area contributed by atoms with Gasteiger partial charge in [-0.25, -0.2) is 4.74 Å². The third-order valence-corrected chi connectivity index (χ3v) is 3.11. The van der Waals surface area contributed by atoms with Gasteiger partial charge in [-0.2, -0.15) is 0 Å². The van der Waals surface area contributed by atoms with E-state index in [-0.39, 0.29) is 19.8 Å². The highest BCUT2D eigenvalue weighted by atomic mass is 16.8. The van der Waals surface area contributed by atoms with Gasteiger partial charge in [0.1, 0.15) is 9.85 Å². The van der Waals surface area contributed by atoms with E-state index in [1.807, 2.05) is 0 Å². The van der Waals surface area contributed by atoms with E-state index >= 15 is 0 Å². The van der Waals surface area contributed by atoms with E-state index in [2.05, 4.69) is 10.6 Å². The molecular weight excluding hydrogens is 328 g/mol. The number of ether oxygens (including phenoxy) is 4. The van der Waals surface area contributed by atoms with Crippen molar-refractivity contribution in [2.24, 2.45) is 0 Å². The third kappa shape index (κ3) is 7.42. The summed E-state index contributed by atoms with van der Waals surface area (Å²) in [4.78, 5) is 20.1. The lowest BCUT2D eigenvalue weighted by molar-refractivity contribution is -0.852. The minimum atomic E-state index is -2.80. The molecule has 0 unspecified atom stereocenters. The summed E-state index contributed by atoms with van der Waals surface area (Å²) in [5.74, 6) is -2.80. The maximum atomic E-state index is 11.1. The molecule has 12 nitrogen and oxygen atoms in total. The molecule has 24 heavy (non-hydrogen) atoms. The molecule has 1 saturated heterocycles. The first-order valence-electron chi connectivity index (χ1n) is 7.67. The Balaban J connectivity index is 2.54. The Morgan fingerprint density at radius 2 is 1.17 bits per heavy atom. The summed E-state index contributed by atoms with van der Waals surface area (Å²) in [6, 6.07) is 0. The second kappa shape index (κ2) is 12.0. The van der Waals surface area contributed by atoms with Gasteiger partial charge in [-0.15, -0.1) is 0 Å². The van der Waals surface area contributed by atoms with Gasteiger partial charge >= 0.3 is 5.85 Å². The molecular formula is C12H24N4O8. The van der Waals surface area contributed by atoms with Gasteiger partial charge in [-0.3, -0.25) is 20.2 Å². The molecule has 0 spiro atoms. The Labute approximate surface area is 139 Å². The molecule has 1 aliphatic heterocycles. The molecule has 0 aromatic heterocycles. The molecule has 1 heterocycles. The average Bonchev–Trinajstić information content (AvgIpc) is 2.54. The van der Waals surface area contributed by atoms with Crippen molar-refractivity contribution in [3.8, 4) is 0 Å². The maximum absolute atomic E-state index is 11.1. The van der Waals surface area contributed by atoms with Gasteiger partial charge in [-0.05, 0) is 0 Å². The van der Waals surface area contributed by atoms with Crippen LogP contribution in [0.3, 0.4) is 0 Å². The summed E-state index contributed by atoms with van der Waals surface area (Å²) in [7, 11) is 0. The van der Waals surface area contributed by atoms with Crippen molar-refractivity contribution < 1.29 is 28.8 Å². The van der Waals surface area contributed by atoms with Crippen LogP contribution in [-0.4, -0.2) is 88.1 Å². The summed E-state index contributed by atoms with van der Waals surface area (Å²) in [6.07, 6.45) is 0. The van der Waals surface area contributed by atoms with E-state index in [0.29, 0.717) is 46.1 Å². The lowest BCUT2D eigenvalue weighted by atomic mass is 10.4. The quantitative estimate of drug-likeness (QED) is 0.340. The van der Waals surface area contributed by atoms with E-state index in [1.54, 1.807) is 0 Å². The molecule has 0 aliphatic carbocycles. The molecule has 140 valence electrons. The molecule has 0 aromatic rings. The molecule has 0 atom stereocenters. The second-order valence-electron chi connectivity index (χ2n) is 4.88. The number of nitro groups is 2. The maximum Gasteiger partial charge on any atom is 0.602 e. The molecule has 12 heteroatoms. The van der Waals surface area contributed by atoms with Gasteiger partial charge in [-0.1, -0.05) is 0 Å². The lowest BCUT2D eigenvalue weighted by Gasteiger charge is -2.17. The topological polar surface area (TPSA) is 147 Å². The van der Waals surface area contributed by atoms with Crippen LogP contribution >= 0.6 is 0 Å². The summed E-state index contributed by atoms with van der Waals surface area (Å²) in [5, 5.41) is 28.2. The normalized spacial score (nSPS) is 22.8. The summed E-state index contributed by atoms with van der Waals surface area (Å²) >= 11 is 0. The van der Waals surface area contributed by atoms with Crippen LogP contribution in [0.25, 0.3) is 0 Å². The van der Waals surface area contributed by atoms with E-state index in [0.717, 1.165) is 0 Å². The summed E-state index contributed by atoms with van der Waals surface area (Å²) in [5.41, 5.74) is 0. The van der Waals surface area contributed by atoms with Crippen LogP contribution in [0, 0.1) is 20.2 Å². The van der Waals surface area contributed by atoms with E-state index in [4.69, 9.17) is 18.9 Å². The van der Waals surface area contributed by atoms with Crippen LogP contribution < -0.4 is 10.6 Å². The van der Waals surface area contributed by atoms with Crippen molar-refractivity contribution in [2.75, 3.05) is 72.4 Å². The molecule has 0 radical (unpaired) electrons. The van der Waals surface area contributed by atoms with Gasteiger partial charge in [0.15, 0.2) is 0 Å². The average molecular weight is 352 g/mol. The fourth-order valence-corrected chi connectivity index (χ4v) is 1.82. The van der Waals surface area contributed by atoms with Crippen molar-refractivity contribution >= 4 is 0 Å². The van der Waals surface area contributed by atoms with E-state index in [1.165, 1.54) is 0 Å². The molecule has 1 fully saturated rings. The number of nitrogens with one attached hydrogen (secondary N) is 2. The van der Waals surface area contributed by atoms with Crippen LogP contribution in [-0.2, 0) is 18.9 Å². The zero-order valence-electron chi connectivity index (χ0n) is 13.4. The molecule has 0 amide bonds. The van der Waals surface area contributed by atoms with Crippen molar-refractivity contribution in [3.63, 3.8) is 0 Å². The predicted octanol–water partition coefficient (Wildman–Crippen LogP) is -1.55. The fourth-order valence-electron chi connectivity index (χ4n) is 1.82. The molecule has 0 aromatic carbocycles. The van der Waals surface area contributed by atoms with Crippen molar-refractivity contribution in [3.05, 3.63) is 20.2 Å². The SMILES string of the molecule is O=[N+]([O-])C1([N+](=O)[O-])COCCNCCOCCOCCNCCO1. The molecule has 2 N–H and O–H groups in total. The second-order valence-corrected chi connectivity index (χ2v) is 4.88. The van der Waals surface area contributed by atoms with Gasteiger partial charge in [0.25, 0.3) is 0 Å². The number of rotatable bonds is 2. The Bertz CT molecular complexity index is 350. The highest BCUT2D eigenvalue weighted by Gasteiger charge is 2.59. The molecule has 0 saturated carbocycles. The standard InChI is InChI=1S/C12H24N4O8/c17-15(18)12(16(19)20)11-23-7-3-13-1-5-21-9-10-22-6-2-14-4-8-24-12/h13-14H,1-11H2. The minimum Gasteiger partial charge on any atom is -0.378 e. The van der Waals surface area contributed by atoms with E-state index < -0.39 is 22.3 Å². The first-order valence-corrected chi connectivity index (χ1v) is 7.67. The van der Waals surface area contributed by atoms with Crippen LogP contribution in [0.4, 0.5) is 0 Å². The highest BCUT2D eigenvalue weighted by molar-refractivity contribution is 4.56. The molecule has 0 bridgehead atoms. The fraction of sp³-hybridized carbons (Fsp3) is 1.00. The Morgan fingerprint density at radius 3 is 1.67 bits per heavy atom. The van der Waals surface area contributed by atoms with E-state index in [9.17, 15) is 20.2 Å². The predicted molar refractivity (Wildman–Crippen MR) is 80.9 cm³/mol. The van der Waals surface area contributed by atoms with Gasteiger partial charge in [0.2, 0.25) is 6.61 Å². The smallest absolute Gasteiger partial charge is 0.378 e. The molecule has 1 rings (SSSR count).